The first-order valence-electron chi connectivity index (χ1n) is 9.43. The Morgan fingerprint density at radius 1 is 0.967 bits per heavy atom. The molecule has 0 aliphatic rings. The van der Waals surface area contributed by atoms with Crippen molar-refractivity contribution < 1.29 is 17.6 Å². The SMILES string of the molecule is Cc1ccc(C)c(S(=O)(=O)Nc2cccc(C(=O)NC(C)c3ccccc3F)c2)c1. The number of sulfonamides is 1. The highest BCUT2D eigenvalue weighted by atomic mass is 32.2. The molecule has 2 N–H and O–H groups in total. The van der Waals surface area contributed by atoms with Gasteiger partial charge in [-0.3, -0.25) is 9.52 Å². The molecule has 0 fully saturated rings. The predicted octanol–water partition coefficient (Wildman–Crippen LogP) is 4.73. The van der Waals surface area contributed by atoms with Gasteiger partial charge in [0.15, 0.2) is 0 Å². The third-order valence-corrected chi connectivity index (χ3v) is 6.25. The van der Waals surface area contributed by atoms with Crippen LogP contribution in [0.2, 0.25) is 0 Å². The number of benzene rings is 3. The van der Waals surface area contributed by atoms with Gasteiger partial charge < -0.3 is 5.32 Å². The largest absolute Gasteiger partial charge is 0.345 e. The lowest BCUT2D eigenvalue weighted by molar-refractivity contribution is 0.0939. The number of hydrogen-bond donors (Lipinski definition) is 2. The molecule has 0 aliphatic heterocycles. The van der Waals surface area contributed by atoms with Gasteiger partial charge in [0.2, 0.25) is 0 Å². The highest BCUT2D eigenvalue weighted by molar-refractivity contribution is 7.92. The lowest BCUT2D eigenvalue weighted by atomic mass is 10.1. The minimum Gasteiger partial charge on any atom is -0.345 e. The summed E-state index contributed by atoms with van der Waals surface area (Å²) in [5.74, 6) is -0.834. The van der Waals surface area contributed by atoms with Crippen molar-refractivity contribution in [2.45, 2.75) is 31.7 Å². The average Bonchev–Trinajstić information content (AvgIpc) is 2.69. The van der Waals surface area contributed by atoms with Gasteiger partial charge in [0, 0.05) is 16.8 Å². The number of nitrogens with one attached hydrogen (secondary N) is 2. The molecule has 3 rings (SSSR count). The van der Waals surface area contributed by atoms with Crippen LogP contribution >= 0.6 is 0 Å². The van der Waals surface area contributed by atoms with Gasteiger partial charge in [0.25, 0.3) is 15.9 Å². The molecule has 0 aliphatic carbocycles. The second-order valence-corrected chi connectivity index (χ2v) is 8.82. The third-order valence-electron chi connectivity index (χ3n) is 4.73. The maximum absolute atomic E-state index is 13.9. The summed E-state index contributed by atoms with van der Waals surface area (Å²) in [4.78, 5) is 12.8. The van der Waals surface area contributed by atoms with E-state index >= 15 is 0 Å². The van der Waals surface area contributed by atoms with Gasteiger partial charge in [0.1, 0.15) is 5.82 Å². The van der Waals surface area contributed by atoms with Crippen LogP contribution < -0.4 is 10.0 Å². The number of hydrogen-bond acceptors (Lipinski definition) is 3. The number of halogens is 1. The van der Waals surface area contributed by atoms with E-state index in [1.807, 2.05) is 13.0 Å². The molecule has 0 radical (unpaired) electrons. The van der Waals surface area contributed by atoms with Crippen LogP contribution in [0.25, 0.3) is 0 Å². The fraction of sp³-hybridized carbons (Fsp3) is 0.174. The highest BCUT2D eigenvalue weighted by Gasteiger charge is 2.19. The first-order chi connectivity index (χ1) is 14.2. The number of carbonyl (C=O) groups is 1. The van der Waals surface area contributed by atoms with Crippen LogP contribution in [-0.4, -0.2) is 14.3 Å². The lowest BCUT2D eigenvalue weighted by Crippen LogP contribution is -2.27. The number of amides is 1. The normalized spacial score (nSPS) is 12.3. The van der Waals surface area contributed by atoms with Gasteiger partial charge in [-0.25, -0.2) is 12.8 Å². The Morgan fingerprint density at radius 2 is 1.70 bits per heavy atom. The van der Waals surface area contributed by atoms with Crippen molar-refractivity contribution in [2.24, 2.45) is 0 Å². The van der Waals surface area contributed by atoms with Gasteiger partial charge in [0.05, 0.1) is 10.9 Å². The van der Waals surface area contributed by atoms with E-state index in [1.54, 1.807) is 62.4 Å². The van der Waals surface area contributed by atoms with E-state index in [4.69, 9.17) is 0 Å². The van der Waals surface area contributed by atoms with Crippen LogP contribution in [0.3, 0.4) is 0 Å². The van der Waals surface area contributed by atoms with Crippen LogP contribution in [0, 0.1) is 19.7 Å². The molecule has 1 atom stereocenters. The zero-order valence-corrected chi connectivity index (χ0v) is 17.8. The number of aryl methyl sites for hydroxylation is 2. The topological polar surface area (TPSA) is 75.3 Å². The molecule has 1 unspecified atom stereocenters. The molecule has 0 saturated carbocycles. The fourth-order valence-electron chi connectivity index (χ4n) is 3.11. The number of anilines is 1. The maximum Gasteiger partial charge on any atom is 0.262 e. The summed E-state index contributed by atoms with van der Waals surface area (Å²) in [6.45, 7) is 5.23. The molecule has 5 nitrogen and oxygen atoms in total. The lowest BCUT2D eigenvalue weighted by Gasteiger charge is -2.16. The van der Waals surface area contributed by atoms with Crippen molar-refractivity contribution in [2.75, 3.05) is 4.72 Å². The summed E-state index contributed by atoms with van der Waals surface area (Å²) in [7, 11) is -3.81. The van der Waals surface area contributed by atoms with Crippen molar-refractivity contribution in [1.29, 1.82) is 0 Å². The zero-order chi connectivity index (χ0) is 21.9. The molecular weight excluding hydrogens is 403 g/mol. The summed E-state index contributed by atoms with van der Waals surface area (Å²) in [5.41, 5.74) is 2.36. The summed E-state index contributed by atoms with van der Waals surface area (Å²) in [6.07, 6.45) is 0. The molecule has 1 amide bonds. The third kappa shape index (κ3) is 4.86. The summed E-state index contributed by atoms with van der Waals surface area (Å²) >= 11 is 0. The summed E-state index contributed by atoms with van der Waals surface area (Å²) in [5, 5.41) is 2.74. The Balaban J connectivity index is 1.80. The van der Waals surface area contributed by atoms with Crippen LogP contribution in [-0.2, 0) is 10.0 Å². The van der Waals surface area contributed by atoms with Gasteiger partial charge >= 0.3 is 0 Å². The number of rotatable bonds is 6. The van der Waals surface area contributed by atoms with E-state index in [1.165, 1.54) is 12.1 Å². The molecule has 156 valence electrons. The smallest absolute Gasteiger partial charge is 0.262 e. The molecule has 0 bridgehead atoms. The van der Waals surface area contributed by atoms with Gasteiger partial charge in [-0.1, -0.05) is 36.4 Å². The molecule has 0 saturated heterocycles. The van der Waals surface area contributed by atoms with Crippen LogP contribution in [0.5, 0.6) is 0 Å². The summed E-state index contributed by atoms with van der Waals surface area (Å²) in [6, 6.07) is 17.0. The van der Waals surface area contributed by atoms with Crippen LogP contribution in [0.15, 0.2) is 71.6 Å². The summed E-state index contributed by atoms with van der Waals surface area (Å²) < 4.78 is 42.1. The second-order valence-electron chi connectivity index (χ2n) is 7.17. The molecule has 30 heavy (non-hydrogen) atoms. The fourth-order valence-corrected chi connectivity index (χ4v) is 4.50. The monoisotopic (exact) mass is 426 g/mol. The van der Waals surface area contributed by atoms with Crippen molar-refractivity contribution in [3.63, 3.8) is 0 Å². The number of carbonyl (C=O) groups excluding carboxylic acids is 1. The Morgan fingerprint density at radius 3 is 2.43 bits per heavy atom. The van der Waals surface area contributed by atoms with Gasteiger partial charge in [-0.05, 0) is 62.2 Å². The maximum atomic E-state index is 13.9. The van der Waals surface area contributed by atoms with E-state index in [9.17, 15) is 17.6 Å². The molecule has 0 heterocycles. The molecule has 3 aromatic carbocycles. The van der Waals surface area contributed by atoms with Crippen molar-refractivity contribution in [3.05, 3.63) is 94.8 Å². The molecule has 0 spiro atoms. The first kappa shape index (κ1) is 21.5. The Bertz CT molecular complexity index is 1190. The predicted molar refractivity (Wildman–Crippen MR) is 115 cm³/mol. The molecule has 3 aromatic rings. The van der Waals surface area contributed by atoms with Crippen LogP contribution in [0.4, 0.5) is 10.1 Å². The molecule has 7 heteroatoms. The quantitative estimate of drug-likeness (QED) is 0.598. The van der Waals surface area contributed by atoms with Crippen molar-refractivity contribution in [3.8, 4) is 0 Å². The Kier molecular flexibility index (Phi) is 6.22. The van der Waals surface area contributed by atoms with Crippen molar-refractivity contribution >= 4 is 21.6 Å². The molecular formula is C23H23FN2O3S. The minimum absolute atomic E-state index is 0.186. The average molecular weight is 427 g/mol. The molecule has 0 aromatic heterocycles. The van der Waals surface area contributed by atoms with Gasteiger partial charge in [-0.2, -0.15) is 0 Å². The van der Waals surface area contributed by atoms with Crippen molar-refractivity contribution in [1.82, 2.24) is 5.32 Å². The zero-order valence-electron chi connectivity index (χ0n) is 16.9. The van der Waals surface area contributed by atoms with E-state index in [0.29, 0.717) is 11.1 Å². The second kappa shape index (κ2) is 8.67. The Hall–Kier alpha value is -3.19. The minimum atomic E-state index is -3.81. The van der Waals surface area contributed by atoms with Gasteiger partial charge in [-0.15, -0.1) is 0 Å². The van der Waals surface area contributed by atoms with E-state index in [2.05, 4.69) is 10.0 Å². The standard InChI is InChI=1S/C23H23FN2O3S/c1-15-11-12-16(2)22(13-15)30(28,29)26-19-8-6-7-18(14-19)23(27)25-17(3)20-9-4-5-10-21(20)24/h4-14,17,26H,1-3H3,(H,25,27). The van der Waals surface area contributed by atoms with Crippen LogP contribution in [0.1, 0.15) is 40.0 Å². The first-order valence-corrected chi connectivity index (χ1v) is 10.9. The Labute approximate surface area is 176 Å². The highest BCUT2D eigenvalue weighted by Crippen LogP contribution is 2.22. The van der Waals surface area contributed by atoms with E-state index < -0.39 is 27.8 Å². The van der Waals surface area contributed by atoms with E-state index in [-0.39, 0.29) is 16.1 Å². The van der Waals surface area contributed by atoms with E-state index in [0.717, 1.165) is 5.56 Å².